The molecule has 1 fully saturated rings. The van der Waals surface area contributed by atoms with Gasteiger partial charge < -0.3 is 0 Å². The molecule has 0 spiro atoms. The van der Waals surface area contributed by atoms with Crippen molar-refractivity contribution in [1.82, 2.24) is 0 Å². The van der Waals surface area contributed by atoms with Crippen molar-refractivity contribution in [2.24, 2.45) is 0 Å². The molecular formula is C11H25P. The van der Waals surface area contributed by atoms with E-state index in [2.05, 4.69) is 20.5 Å². The second kappa shape index (κ2) is 4.61. The van der Waals surface area contributed by atoms with Crippen LogP contribution in [-0.4, -0.2) is 24.6 Å². The van der Waals surface area contributed by atoms with Crippen LogP contribution >= 0.6 is 7.26 Å². The monoisotopic (exact) mass is 188 g/mol. The molecule has 0 aromatic rings. The molecule has 0 amide bonds. The van der Waals surface area contributed by atoms with Crippen molar-refractivity contribution in [2.75, 3.05) is 19.0 Å². The van der Waals surface area contributed by atoms with Crippen LogP contribution in [0.15, 0.2) is 0 Å². The summed E-state index contributed by atoms with van der Waals surface area (Å²) in [7, 11) is -0.790. The minimum absolute atomic E-state index is 0.790. The van der Waals surface area contributed by atoms with Crippen molar-refractivity contribution >= 4 is 7.26 Å². The minimum atomic E-state index is -0.790. The van der Waals surface area contributed by atoms with E-state index >= 15 is 0 Å². The first kappa shape index (κ1) is 10.5. The van der Waals surface area contributed by atoms with Gasteiger partial charge in [-0.15, -0.1) is 0 Å². The summed E-state index contributed by atoms with van der Waals surface area (Å²) in [6.07, 6.45) is 10.7. The number of hydrogen-bond donors (Lipinski definition) is 0. The molecule has 1 aliphatic heterocycles. The van der Waals surface area contributed by atoms with Crippen LogP contribution in [0, 0.1) is 0 Å². The van der Waals surface area contributed by atoms with Crippen LogP contribution in [0.4, 0.5) is 0 Å². The van der Waals surface area contributed by atoms with Crippen LogP contribution in [0.5, 0.6) is 0 Å². The Hall–Kier alpha value is 0.430. The molecule has 0 bridgehead atoms. The summed E-state index contributed by atoms with van der Waals surface area (Å²) in [6, 6.07) is 0. The normalized spacial score (nSPS) is 28.9. The van der Waals surface area contributed by atoms with E-state index in [4.69, 9.17) is 0 Å². The molecule has 1 unspecified atom stereocenters. The first-order chi connectivity index (χ1) is 5.69. The number of hydrogen-bond acceptors (Lipinski definition) is 0. The van der Waals surface area contributed by atoms with Crippen LogP contribution in [0.3, 0.4) is 0 Å². The molecule has 1 rings (SSSR count). The van der Waals surface area contributed by atoms with E-state index in [1.807, 2.05) is 0 Å². The Morgan fingerprint density at radius 2 is 1.58 bits per heavy atom. The summed E-state index contributed by atoms with van der Waals surface area (Å²) >= 11 is 0. The van der Waals surface area contributed by atoms with Gasteiger partial charge in [0.15, 0.2) is 0 Å². The van der Waals surface area contributed by atoms with E-state index in [1.165, 1.54) is 32.1 Å². The van der Waals surface area contributed by atoms with Gasteiger partial charge in [0.1, 0.15) is 0 Å². The number of rotatable bonds is 2. The van der Waals surface area contributed by atoms with Crippen LogP contribution in [0.2, 0.25) is 0 Å². The summed E-state index contributed by atoms with van der Waals surface area (Å²) in [5, 5.41) is 0. The first-order valence-corrected chi connectivity index (χ1v) is 8.68. The Bertz CT molecular complexity index is 123. The van der Waals surface area contributed by atoms with Gasteiger partial charge in [-0.05, 0) is 0 Å². The summed E-state index contributed by atoms with van der Waals surface area (Å²) < 4.78 is 0. The molecule has 1 atom stereocenters. The van der Waals surface area contributed by atoms with Crippen molar-refractivity contribution < 1.29 is 0 Å². The average molecular weight is 188 g/mol. The fourth-order valence-electron chi connectivity index (χ4n) is 2.52. The molecule has 74 valence electrons. The Balaban J connectivity index is 2.53. The maximum atomic E-state index is 2.65. The Kier molecular flexibility index (Phi) is 4.03. The fourth-order valence-corrected chi connectivity index (χ4v) is 6.86. The standard InChI is InChI=1S/C11H25P/c1-4-11(2)12(3)9-7-5-6-8-10-12/h11-12H,4-10H2,1-3H3. The SMILES string of the molecule is CCC(C)[PH]1(C)CCCCCC1. The van der Waals surface area contributed by atoms with Gasteiger partial charge in [0.2, 0.25) is 0 Å². The Morgan fingerprint density at radius 1 is 1.08 bits per heavy atom. The topological polar surface area (TPSA) is 0 Å². The van der Waals surface area contributed by atoms with E-state index in [0.29, 0.717) is 0 Å². The van der Waals surface area contributed by atoms with Crippen molar-refractivity contribution in [3.8, 4) is 0 Å². The second-order valence-corrected chi connectivity index (χ2v) is 10.2. The summed E-state index contributed by atoms with van der Waals surface area (Å²) in [5.74, 6) is 0. The van der Waals surface area contributed by atoms with Gasteiger partial charge in [-0.25, -0.2) is 0 Å². The van der Waals surface area contributed by atoms with Gasteiger partial charge in [0, 0.05) is 0 Å². The molecule has 1 heteroatoms. The van der Waals surface area contributed by atoms with E-state index in [0.717, 1.165) is 5.66 Å². The summed E-state index contributed by atoms with van der Waals surface area (Å²) in [6.45, 7) is 7.51. The zero-order valence-corrected chi connectivity index (χ0v) is 10.0. The molecule has 1 aliphatic rings. The van der Waals surface area contributed by atoms with E-state index in [1.54, 1.807) is 12.3 Å². The fraction of sp³-hybridized carbons (Fsp3) is 1.00. The molecule has 1 saturated heterocycles. The van der Waals surface area contributed by atoms with Gasteiger partial charge in [0.25, 0.3) is 0 Å². The molecule has 0 aromatic carbocycles. The predicted octanol–water partition coefficient (Wildman–Crippen LogP) is 3.74. The van der Waals surface area contributed by atoms with Crippen LogP contribution in [0.25, 0.3) is 0 Å². The Labute approximate surface area is 78.5 Å². The third kappa shape index (κ3) is 2.46. The predicted molar refractivity (Wildman–Crippen MR) is 62.2 cm³/mol. The maximum absolute atomic E-state index is 2.65. The van der Waals surface area contributed by atoms with Gasteiger partial charge in [0.05, 0.1) is 0 Å². The van der Waals surface area contributed by atoms with Crippen LogP contribution < -0.4 is 0 Å². The molecule has 0 saturated carbocycles. The van der Waals surface area contributed by atoms with Crippen molar-refractivity contribution in [3.05, 3.63) is 0 Å². The Morgan fingerprint density at radius 3 is 2.00 bits per heavy atom. The molecule has 0 aliphatic carbocycles. The molecule has 0 nitrogen and oxygen atoms in total. The van der Waals surface area contributed by atoms with Gasteiger partial charge in [-0.2, -0.15) is 0 Å². The quantitative estimate of drug-likeness (QED) is 0.579. The first-order valence-electron chi connectivity index (χ1n) is 5.69. The van der Waals surface area contributed by atoms with Crippen LogP contribution in [-0.2, 0) is 0 Å². The van der Waals surface area contributed by atoms with Crippen molar-refractivity contribution in [3.63, 3.8) is 0 Å². The average Bonchev–Trinajstić information content (AvgIpc) is 2.29. The molecule has 0 radical (unpaired) electrons. The third-order valence-corrected chi connectivity index (χ3v) is 9.83. The summed E-state index contributed by atoms with van der Waals surface area (Å²) in [5.41, 5.74) is 1.07. The second-order valence-electron chi connectivity index (χ2n) is 4.88. The molecule has 0 N–H and O–H groups in total. The summed E-state index contributed by atoms with van der Waals surface area (Å²) in [4.78, 5) is 0. The van der Waals surface area contributed by atoms with Crippen LogP contribution in [0.1, 0.15) is 46.0 Å². The third-order valence-electron chi connectivity index (χ3n) is 4.05. The zero-order chi connectivity index (χ0) is 9.03. The molecule has 1 heterocycles. The van der Waals surface area contributed by atoms with Gasteiger partial charge in [-0.1, -0.05) is 0 Å². The van der Waals surface area contributed by atoms with Crippen molar-refractivity contribution in [1.29, 1.82) is 0 Å². The van der Waals surface area contributed by atoms with Gasteiger partial charge in [-0.3, -0.25) is 0 Å². The molecule has 12 heavy (non-hydrogen) atoms. The van der Waals surface area contributed by atoms with Gasteiger partial charge >= 0.3 is 77.9 Å². The molecular weight excluding hydrogens is 163 g/mol. The zero-order valence-electron chi connectivity index (χ0n) is 9.03. The molecule has 0 aromatic heterocycles. The van der Waals surface area contributed by atoms with E-state index < -0.39 is 7.26 Å². The van der Waals surface area contributed by atoms with E-state index in [-0.39, 0.29) is 0 Å². The van der Waals surface area contributed by atoms with Crippen molar-refractivity contribution in [2.45, 2.75) is 51.6 Å². The van der Waals surface area contributed by atoms with E-state index in [9.17, 15) is 0 Å².